The third-order valence-corrected chi connectivity index (χ3v) is 5.57. The van der Waals surface area contributed by atoms with E-state index in [9.17, 15) is 9.59 Å². The molecule has 2 atom stereocenters. The van der Waals surface area contributed by atoms with Gasteiger partial charge in [-0.05, 0) is 35.8 Å². The van der Waals surface area contributed by atoms with E-state index < -0.39 is 11.9 Å². The maximum absolute atomic E-state index is 12.3. The number of hydrogen-bond donors (Lipinski definition) is 2. The molecule has 0 radical (unpaired) electrons. The average Bonchev–Trinajstić information content (AvgIpc) is 3.04. The smallest absolute Gasteiger partial charge is 0.317 e. The first kappa shape index (κ1) is 16.8. The average molecular weight is 330 g/mol. The molecular formula is C19H26N2O3. The number of carbonyl (C=O) groups excluding carboxylic acids is 1. The lowest BCUT2D eigenvalue weighted by Gasteiger charge is -2.37. The fourth-order valence-corrected chi connectivity index (χ4v) is 3.98. The summed E-state index contributed by atoms with van der Waals surface area (Å²) in [6, 6.07) is 8.37. The molecule has 2 amide bonds. The van der Waals surface area contributed by atoms with Crippen LogP contribution in [0.4, 0.5) is 4.79 Å². The third kappa shape index (κ3) is 3.25. The molecule has 1 aliphatic carbocycles. The molecule has 0 saturated carbocycles. The van der Waals surface area contributed by atoms with E-state index in [1.165, 1.54) is 11.1 Å². The third-order valence-electron chi connectivity index (χ3n) is 5.57. The first-order chi connectivity index (χ1) is 11.4. The summed E-state index contributed by atoms with van der Waals surface area (Å²) >= 11 is 0. The van der Waals surface area contributed by atoms with Gasteiger partial charge >= 0.3 is 12.0 Å². The van der Waals surface area contributed by atoms with Crippen LogP contribution in [-0.4, -0.2) is 41.6 Å². The first-order valence-electron chi connectivity index (χ1n) is 8.73. The Balaban J connectivity index is 1.61. The number of urea groups is 1. The van der Waals surface area contributed by atoms with Crippen molar-refractivity contribution in [2.75, 3.05) is 19.6 Å². The molecule has 1 aromatic carbocycles. The van der Waals surface area contributed by atoms with E-state index in [1.807, 2.05) is 0 Å². The van der Waals surface area contributed by atoms with Gasteiger partial charge in [-0.1, -0.05) is 38.1 Å². The van der Waals surface area contributed by atoms with Gasteiger partial charge in [-0.2, -0.15) is 0 Å². The Hall–Kier alpha value is -2.04. The summed E-state index contributed by atoms with van der Waals surface area (Å²) in [5.41, 5.74) is 2.89. The number of carboxylic acids is 1. The summed E-state index contributed by atoms with van der Waals surface area (Å²) in [6.07, 6.45) is 2.71. The molecule has 1 saturated heterocycles. The summed E-state index contributed by atoms with van der Waals surface area (Å²) in [5.74, 6) is -0.906. The van der Waals surface area contributed by atoms with Crippen molar-refractivity contribution in [3.8, 4) is 0 Å². The van der Waals surface area contributed by atoms with Gasteiger partial charge in [-0.3, -0.25) is 4.79 Å². The monoisotopic (exact) mass is 330 g/mol. The molecule has 1 aromatic rings. The molecule has 1 aliphatic heterocycles. The van der Waals surface area contributed by atoms with Crippen LogP contribution in [0.1, 0.15) is 50.2 Å². The number of benzene rings is 1. The number of aliphatic carboxylic acids is 1. The Morgan fingerprint density at radius 1 is 1.29 bits per heavy atom. The minimum atomic E-state index is -0.811. The van der Waals surface area contributed by atoms with Crippen molar-refractivity contribution in [1.29, 1.82) is 0 Å². The number of nitrogens with zero attached hydrogens (tertiary/aromatic N) is 1. The Bertz CT molecular complexity index is 641. The molecule has 2 unspecified atom stereocenters. The quantitative estimate of drug-likeness (QED) is 0.895. The molecule has 0 aromatic heterocycles. The van der Waals surface area contributed by atoms with Crippen LogP contribution in [0, 0.1) is 5.92 Å². The topological polar surface area (TPSA) is 69.6 Å². The SMILES string of the molecule is CC1(C)CCC(CNC(=O)N2CCC(C(=O)O)C2)c2ccccc21. The van der Waals surface area contributed by atoms with Crippen LogP contribution in [0.15, 0.2) is 24.3 Å². The molecule has 2 aliphatic rings. The number of rotatable bonds is 3. The van der Waals surface area contributed by atoms with Crippen molar-refractivity contribution in [3.63, 3.8) is 0 Å². The van der Waals surface area contributed by atoms with Crippen LogP contribution >= 0.6 is 0 Å². The lowest BCUT2D eigenvalue weighted by molar-refractivity contribution is -0.141. The van der Waals surface area contributed by atoms with Crippen molar-refractivity contribution in [2.24, 2.45) is 5.92 Å². The van der Waals surface area contributed by atoms with Gasteiger partial charge in [0.05, 0.1) is 5.92 Å². The zero-order chi connectivity index (χ0) is 17.3. The molecule has 2 N–H and O–H groups in total. The van der Waals surface area contributed by atoms with E-state index in [4.69, 9.17) is 5.11 Å². The maximum atomic E-state index is 12.3. The van der Waals surface area contributed by atoms with Crippen LogP contribution in [-0.2, 0) is 10.2 Å². The van der Waals surface area contributed by atoms with Crippen LogP contribution in [0.3, 0.4) is 0 Å². The van der Waals surface area contributed by atoms with E-state index in [0.29, 0.717) is 32.0 Å². The van der Waals surface area contributed by atoms with Crippen molar-refractivity contribution < 1.29 is 14.7 Å². The number of carboxylic acid groups (broad SMARTS) is 1. The van der Waals surface area contributed by atoms with Crippen LogP contribution in [0.5, 0.6) is 0 Å². The second-order valence-electron chi connectivity index (χ2n) is 7.66. The number of hydrogen-bond acceptors (Lipinski definition) is 2. The fourth-order valence-electron chi connectivity index (χ4n) is 3.98. The standard InChI is InChI=1S/C19H26N2O3/c1-19(2)9-7-13(15-5-3-4-6-16(15)19)11-20-18(24)21-10-8-14(12-21)17(22)23/h3-6,13-14H,7-12H2,1-2H3,(H,20,24)(H,22,23). The van der Waals surface area contributed by atoms with E-state index in [2.05, 4.69) is 43.4 Å². The second-order valence-corrected chi connectivity index (χ2v) is 7.66. The Labute approximate surface area is 143 Å². The minimum absolute atomic E-state index is 0.138. The van der Waals surface area contributed by atoms with Gasteiger partial charge in [-0.25, -0.2) is 4.79 Å². The van der Waals surface area contributed by atoms with Gasteiger partial charge in [0, 0.05) is 25.6 Å². The van der Waals surface area contributed by atoms with Crippen LogP contribution in [0.2, 0.25) is 0 Å². The second kappa shape index (κ2) is 6.46. The molecular weight excluding hydrogens is 304 g/mol. The van der Waals surface area contributed by atoms with Crippen molar-refractivity contribution in [1.82, 2.24) is 10.2 Å². The number of likely N-dealkylation sites (tertiary alicyclic amines) is 1. The molecule has 1 heterocycles. The summed E-state index contributed by atoms with van der Waals surface area (Å²) in [6.45, 7) is 6.00. The van der Waals surface area contributed by atoms with E-state index in [1.54, 1.807) is 4.90 Å². The number of carbonyl (C=O) groups is 2. The van der Waals surface area contributed by atoms with Crippen molar-refractivity contribution in [3.05, 3.63) is 35.4 Å². The Kier molecular flexibility index (Phi) is 4.52. The largest absolute Gasteiger partial charge is 0.481 e. The molecule has 0 spiro atoms. The zero-order valence-electron chi connectivity index (χ0n) is 14.4. The predicted molar refractivity (Wildman–Crippen MR) is 92.2 cm³/mol. The van der Waals surface area contributed by atoms with Gasteiger partial charge < -0.3 is 15.3 Å². The molecule has 130 valence electrons. The lowest BCUT2D eigenvalue weighted by Crippen LogP contribution is -2.41. The zero-order valence-corrected chi connectivity index (χ0v) is 14.4. The van der Waals surface area contributed by atoms with E-state index in [-0.39, 0.29) is 11.4 Å². The highest BCUT2D eigenvalue weighted by Gasteiger charge is 2.34. The summed E-state index contributed by atoms with van der Waals surface area (Å²) in [4.78, 5) is 25.0. The molecule has 5 heteroatoms. The van der Waals surface area contributed by atoms with Gasteiger partial charge in [0.15, 0.2) is 0 Å². The van der Waals surface area contributed by atoms with Crippen molar-refractivity contribution in [2.45, 2.75) is 44.4 Å². The fraction of sp³-hybridized carbons (Fsp3) is 0.579. The molecule has 3 rings (SSSR count). The first-order valence-corrected chi connectivity index (χ1v) is 8.73. The summed E-state index contributed by atoms with van der Waals surface area (Å²) in [7, 11) is 0. The molecule has 0 bridgehead atoms. The summed E-state index contributed by atoms with van der Waals surface area (Å²) < 4.78 is 0. The predicted octanol–water partition coefficient (Wildman–Crippen LogP) is 2.96. The molecule has 1 fully saturated rings. The molecule has 5 nitrogen and oxygen atoms in total. The van der Waals surface area contributed by atoms with E-state index in [0.717, 1.165) is 12.8 Å². The maximum Gasteiger partial charge on any atom is 0.317 e. The summed E-state index contributed by atoms with van der Waals surface area (Å²) in [5, 5.41) is 12.1. The van der Waals surface area contributed by atoms with Gasteiger partial charge in [0.2, 0.25) is 0 Å². The highest BCUT2D eigenvalue weighted by Crippen LogP contribution is 2.42. The Morgan fingerprint density at radius 2 is 2.04 bits per heavy atom. The van der Waals surface area contributed by atoms with Gasteiger partial charge in [0.25, 0.3) is 0 Å². The minimum Gasteiger partial charge on any atom is -0.481 e. The number of nitrogens with one attached hydrogen (secondary N) is 1. The highest BCUT2D eigenvalue weighted by molar-refractivity contribution is 5.77. The van der Waals surface area contributed by atoms with Crippen molar-refractivity contribution >= 4 is 12.0 Å². The molecule has 24 heavy (non-hydrogen) atoms. The van der Waals surface area contributed by atoms with Crippen LogP contribution < -0.4 is 5.32 Å². The van der Waals surface area contributed by atoms with Crippen LogP contribution in [0.25, 0.3) is 0 Å². The van der Waals surface area contributed by atoms with Gasteiger partial charge in [-0.15, -0.1) is 0 Å². The number of fused-ring (bicyclic) bond motifs is 1. The van der Waals surface area contributed by atoms with E-state index >= 15 is 0 Å². The number of amides is 2. The Morgan fingerprint density at radius 3 is 2.75 bits per heavy atom. The normalized spacial score (nSPS) is 25.2. The lowest BCUT2D eigenvalue weighted by atomic mass is 9.69. The highest BCUT2D eigenvalue weighted by atomic mass is 16.4. The van der Waals surface area contributed by atoms with Gasteiger partial charge in [0.1, 0.15) is 0 Å².